The third-order valence-corrected chi connectivity index (χ3v) is 6.10. The van der Waals surface area contributed by atoms with Gasteiger partial charge in [0, 0.05) is 29.9 Å². The fourth-order valence-corrected chi connectivity index (χ4v) is 4.72. The van der Waals surface area contributed by atoms with Crippen LogP contribution in [0.1, 0.15) is 12.6 Å². The van der Waals surface area contributed by atoms with Crippen molar-refractivity contribution in [3.8, 4) is 10.7 Å². The summed E-state index contributed by atoms with van der Waals surface area (Å²) >= 11 is 4.66. The Kier molecular flexibility index (Phi) is 4.21. The molecule has 6 nitrogen and oxygen atoms in total. The molecule has 4 rings (SSSR count). The van der Waals surface area contributed by atoms with Crippen molar-refractivity contribution >= 4 is 39.4 Å². The minimum absolute atomic E-state index is 0.0481. The highest BCUT2D eigenvalue weighted by Gasteiger charge is 2.14. The zero-order valence-corrected chi connectivity index (χ0v) is 15.2. The van der Waals surface area contributed by atoms with E-state index in [1.807, 2.05) is 22.9 Å². The number of thiophene rings is 1. The quantitative estimate of drug-likeness (QED) is 0.500. The molecule has 0 aliphatic heterocycles. The molecular weight excluding hydrogens is 362 g/mol. The highest BCUT2D eigenvalue weighted by molar-refractivity contribution is 7.98. The summed E-state index contributed by atoms with van der Waals surface area (Å²) in [7, 11) is 0. The Bertz CT molecular complexity index is 1030. The molecule has 4 aromatic rings. The Labute approximate surface area is 149 Å². The van der Waals surface area contributed by atoms with Crippen molar-refractivity contribution in [2.45, 2.75) is 24.4 Å². The molecule has 24 heavy (non-hydrogen) atoms. The molecule has 9 heteroatoms. The van der Waals surface area contributed by atoms with Gasteiger partial charge in [-0.1, -0.05) is 17.8 Å². The molecule has 0 spiro atoms. The lowest BCUT2D eigenvalue weighted by Crippen LogP contribution is -2.12. The maximum atomic E-state index is 12.0. The lowest BCUT2D eigenvalue weighted by atomic mass is 10.4. The predicted octanol–water partition coefficient (Wildman–Crippen LogP) is 3.39. The van der Waals surface area contributed by atoms with Crippen LogP contribution in [0.2, 0.25) is 0 Å². The van der Waals surface area contributed by atoms with Crippen LogP contribution in [0.15, 0.2) is 45.1 Å². The van der Waals surface area contributed by atoms with Crippen LogP contribution in [-0.4, -0.2) is 24.1 Å². The summed E-state index contributed by atoms with van der Waals surface area (Å²) in [5, 5.41) is 13.4. The minimum Gasteiger partial charge on any atom is -0.302 e. The molecule has 0 radical (unpaired) electrons. The molecule has 0 aliphatic carbocycles. The second kappa shape index (κ2) is 6.50. The van der Waals surface area contributed by atoms with Gasteiger partial charge in [-0.25, -0.2) is 4.98 Å². The molecule has 0 saturated carbocycles. The van der Waals surface area contributed by atoms with Gasteiger partial charge in [0.25, 0.3) is 5.56 Å². The number of hydrogen-bond acceptors (Lipinski definition) is 7. The number of hydrogen-bond donors (Lipinski definition) is 0. The lowest BCUT2D eigenvalue weighted by molar-refractivity contribution is 0.688. The topological polar surface area (TPSA) is 65.1 Å². The molecule has 0 bridgehead atoms. The van der Waals surface area contributed by atoms with E-state index in [4.69, 9.17) is 0 Å². The molecule has 4 aromatic heterocycles. The molecule has 0 saturated heterocycles. The van der Waals surface area contributed by atoms with Gasteiger partial charge in [-0.05, 0) is 18.4 Å². The maximum absolute atomic E-state index is 12.0. The Morgan fingerprint density at radius 3 is 2.96 bits per heavy atom. The molecule has 122 valence electrons. The van der Waals surface area contributed by atoms with Crippen LogP contribution >= 0.6 is 34.4 Å². The van der Waals surface area contributed by atoms with Crippen molar-refractivity contribution in [2.75, 3.05) is 0 Å². The van der Waals surface area contributed by atoms with Crippen LogP contribution in [0.4, 0.5) is 0 Å². The number of rotatable bonds is 5. The first-order chi connectivity index (χ1) is 11.8. The Morgan fingerprint density at radius 2 is 2.17 bits per heavy atom. The van der Waals surface area contributed by atoms with E-state index in [2.05, 4.69) is 26.7 Å². The first-order valence-corrected chi connectivity index (χ1v) is 10.1. The van der Waals surface area contributed by atoms with Crippen LogP contribution in [0.5, 0.6) is 0 Å². The first-order valence-electron chi connectivity index (χ1n) is 7.32. The van der Waals surface area contributed by atoms with Crippen molar-refractivity contribution < 1.29 is 0 Å². The van der Waals surface area contributed by atoms with E-state index in [9.17, 15) is 4.79 Å². The smallest absolute Gasteiger partial charge is 0.258 e. The van der Waals surface area contributed by atoms with Gasteiger partial charge >= 0.3 is 0 Å². The monoisotopic (exact) mass is 375 g/mol. The summed E-state index contributed by atoms with van der Waals surface area (Å²) in [6.07, 6.45) is 1.74. The second-order valence-electron chi connectivity index (χ2n) is 4.96. The van der Waals surface area contributed by atoms with Gasteiger partial charge < -0.3 is 4.57 Å². The van der Waals surface area contributed by atoms with Crippen molar-refractivity contribution in [1.29, 1.82) is 0 Å². The van der Waals surface area contributed by atoms with Crippen LogP contribution in [0.3, 0.4) is 0 Å². The van der Waals surface area contributed by atoms with Gasteiger partial charge in [0.05, 0.1) is 10.6 Å². The Morgan fingerprint density at radius 1 is 1.25 bits per heavy atom. The average Bonchev–Trinajstić information content (AvgIpc) is 3.31. The third-order valence-electron chi connectivity index (χ3n) is 3.48. The summed E-state index contributed by atoms with van der Waals surface area (Å²) in [6, 6.07) is 5.64. The van der Waals surface area contributed by atoms with Crippen molar-refractivity contribution in [1.82, 2.24) is 24.1 Å². The summed E-state index contributed by atoms with van der Waals surface area (Å²) in [6.45, 7) is 2.87. The van der Waals surface area contributed by atoms with Crippen molar-refractivity contribution in [2.24, 2.45) is 0 Å². The highest BCUT2D eigenvalue weighted by Crippen LogP contribution is 2.28. The predicted molar refractivity (Wildman–Crippen MR) is 97.9 cm³/mol. The lowest BCUT2D eigenvalue weighted by Gasteiger charge is -2.06. The van der Waals surface area contributed by atoms with E-state index in [-0.39, 0.29) is 5.56 Å². The molecule has 0 amide bonds. The summed E-state index contributed by atoms with van der Waals surface area (Å²) in [5.74, 6) is 1.48. The number of fused-ring (bicyclic) bond motifs is 1. The second-order valence-corrected chi connectivity index (χ2v) is 7.72. The average molecular weight is 376 g/mol. The van der Waals surface area contributed by atoms with Gasteiger partial charge in [-0.15, -0.1) is 32.9 Å². The largest absolute Gasteiger partial charge is 0.302 e. The van der Waals surface area contributed by atoms with Gasteiger partial charge in [0.15, 0.2) is 15.9 Å². The number of thiazole rings is 1. The van der Waals surface area contributed by atoms with Crippen LogP contribution in [0, 0.1) is 0 Å². The van der Waals surface area contributed by atoms with Gasteiger partial charge in [0.2, 0.25) is 0 Å². The van der Waals surface area contributed by atoms with E-state index in [1.165, 1.54) is 11.3 Å². The van der Waals surface area contributed by atoms with Gasteiger partial charge in [-0.2, -0.15) is 0 Å². The van der Waals surface area contributed by atoms with Gasteiger partial charge in [0.1, 0.15) is 0 Å². The summed E-state index contributed by atoms with van der Waals surface area (Å²) in [4.78, 5) is 18.4. The van der Waals surface area contributed by atoms with Crippen molar-refractivity contribution in [3.63, 3.8) is 0 Å². The fraction of sp³-hybridized carbons (Fsp3) is 0.200. The summed E-state index contributed by atoms with van der Waals surface area (Å²) in [5.41, 5.74) is 0.712. The van der Waals surface area contributed by atoms with E-state index < -0.39 is 0 Å². The number of thioether (sulfide) groups is 1. The van der Waals surface area contributed by atoms with E-state index in [1.54, 1.807) is 39.8 Å². The molecule has 4 heterocycles. The normalized spacial score (nSPS) is 11.4. The molecule has 0 fully saturated rings. The molecule has 0 unspecified atom stereocenters. The van der Waals surface area contributed by atoms with Crippen LogP contribution in [0.25, 0.3) is 15.7 Å². The number of nitrogens with zero attached hydrogens (tertiary/aromatic N) is 5. The Balaban J connectivity index is 1.60. The molecular formula is C15H13N5OS3. The van der Waals surface area contributed by atoms with Gasteiger partial charge in [-0.3, -0.25) is 9.20 Å². The molecule has 0 N–H and O–H groups in total. The standard InChI is InChI=1S/C15H13N5OS3/c1-2-19-13(11-4-3-6-22-11)17-18-15(19)24-9-10-8-12(21)20-5-7-23-14(20)16-10/h3-8H,2,9H2,1H3. The third kappa shape index (κ3) is 2.79. The molecule has 0 aromatic carbocycles. The van der Waals surface area contributed by atoms with Crippen molar-refractivity contribution in [3.05, 3.63) is 51.2 Å². The van der Waals surface area contributed by atoms with E-state index in [0.717, 1.165) is 28.1 Å². The van der Waals surface area contributed by atoms with Crippen LogP contribution < -0.4 is 5.56 Å². The first kappa shape index (κ1) is 15.6. The molecule has 0 aliphatic rings. The zero-order valence-electron chi connectivity index (χ0n) is 12.7. The highest BCUT2D eigenvalue weighted by atomic mass is 32.2. The zero-order chi connectivity index (χ0) is 16.5. The van der Waals surface area contributed by atoms with E-state index in [0.29, 0.717) is 10.7 Å². The van der Waals surface area contributed by atoms with E-state index >= 15 is 0 Å². The minimum atomic E-state index is -0.0481. The maximum Gasteiger partial charge on any atom is 0.258 e. The SMILES string of the molecule is CCn1c(SCc2cc(=O)n3ccsc3n2)nnc1-c1cccs1. The Hall–Kier alpha value is -1.97. The fourth-order valence-electron chi connectivity index (χ4n) is 2.37. The summed E-state index contributed by atoms with van der Waals surface area (Å²) < 4.78 is 3.65. The van der Waals surface area contributed by atoms with Crippen LogP contribution in [-0.2, 0) is 12.3 Å². The number of aromatic nitrogens is 5. The molecule has 0 atom stereocenters.